The maximum absolute atomic E-state index is 5.84. The minimum Gasteiger partial charge on any atom is -0.493 e. The molecule has 2 N–H and O–H groups in total. The van der Waals surface area contributed by atoms with E-state index in [1.165, 1.54) is 31.2 Å². The Balaban J connectivity index is 1.50. The van der Waals surface area contributed by atoms with E-state index in [9.17, 15) is 0 Å². The first-order valence-electron chi connectivity index (χ1n) is 10.7. The van der Waals surface area contributed by atoms with Gasteiger partial charge in [0.1, 0.15) is 19.8 Å². The van der Waals surface area contributed by atoms with E-state index < -0.39 is 0 Å². The second kappa shape index (κ2) is 9.04. The smallest absolute Gasteiger partial charge is 0.203 e. The van der Waals surface area contributed by atoms with Gasteiger partial charge in [-0.1, -0.05) is 18.9 Å². The molecule has 162 valence electrons. The Labute approximate surface area is 178 Å². The number of methoxy groups -OCH3 is 3. The highest BCUT2D eigenvalue weighted by molar-refractivity contribution is 5.53. The van der Waals surface area contributed by atoms with Gasteiger partial charge in [-0.25, -0.2) is 0 Å². The lowest BCUT2D eigenvalue weighted by Gasteiger charge is -2.29. The highest BCUT2D eigenvalue weighted by Gasteiger charge is 2.38. The van der Waals surface area contributed by atoms with Crippen molar-refractivity contribution in [3.05, 3.63) is 41.5 Å². The number of benzene rings is 2. The average molecular weight is 415 g/mol. The molecule has 0 unspecified atom stereocenters. The van der Waals surface area contributed by atoms with Crippen molar-refractivity contribution >= 4 is 0 Å². The van der Waals surface area contributed by atoms with Crippen molar-refractivity contribution < 1.29 is 29.0 Å². The SMILES string of the molecule is COc1cc(C[NH2+]CC2(c3ccc4c(c3)OCCO4)CCCC2)cc(OC)c1OC. The molecule has 4 rings (SSSR count). The van der Waals surface area contributed by atoms with E-state index in [2.05, 4.69) is 23.5 Å². The topological polar surface area (TPSA) is 62.8 Å². The van der Waals surface area contributed by atoms with E-state index in [1.807, 2.05) is 12.1 Å². The molecule has 6 heteroatoms. The summed E-state index contributed by atoms with van der Waals surface area (Å²) in [6, 6.07) is 10.6. The molecule has 0 aromatic heterocycles. The molecule has 1 heterocycles. The Morgan fingerprint density at radius 1 is 0.867 bits per heavy atom. The lowest BCUT2D eigenvalue weighted by atomic mass is 9.78. The van der Waals surface area contributed by atoms with Crippen LogP contribution in [0.2, 0.25) is 0 Å². The second-order valence-electron chi connectivity index (χ2n) is 8.08. The maximum Gasteiger partial charge on any atom is 0.203 e. The van der Waals surface area contributed by atoms with Crippen LogP contribution in [-0.2, 0) is 12.0 Å². The molecule has 30 heavy (non-hydrogen) atoms. The molecule has 0 amide bonds. The normalized spacial score (nSPS) is 16.9. The van der Waals surface area contributed by atoms with Crippen molar-refractivity contribution in [2.45, 2.75) is 37.6 Å². The molecule has 6 nitrogen and oxygen atoms in total. The van der Waals surface area contributed by atoms with Gasteiger partial charge < -0.3 is 29.0 Å². The maximum atomic E-state index is 5.84. The summed E-state index contributed by atoms with van der Waals surface area (Å²) < 4.78 is 28.0. The van der Waals surface area contributed by atoms with Gasteiger partial charge in [0.15, 0.2) is 23.0 Å². The molecular formula is C24H32NO5+. The van der Waals surface area contributed by atoms with E-state index >= 15 is 0 Å². The minimum absolute atomic E-state index is 0.177. The van der Waals surface area contributed by atoms with Crippen molar-refractivity contribution in [2.75, 3.05) is 41.1 Å². The summed E-state index contributed by atoms with van der Waals surface area (Å²) in [6.07, 6.45) is 4.95. The monoisotopic (exact) mass is 414 g/mol. The summed E-state index contributed by atoms with van der Waals surface area (Å²) in [5.74, 6) is 3.77. The minimum atomic E-state index is 0.177. The van der Waals surface area contributed by atoms with Crippen LogP contribution in [0, 0.1) is 0 Å². The molecule has 2 aliphatic rings. The molecule has 2 aromatic rings. The van der Waals surface area contributed by atoms with Gasteiger partial charge in [0.25, 0.3) is 0 Å². The predicted molar refractivity (Wildman–Crippen MR) is 114 cm³/mol. The van der Waals surface area contributed by atoms with E-state index in [-0.39, 0.29) is 5.41 Å². The van der Waals surface area contributed by atoms with Crippen LogP contribution in [0.5, 0.6) is 28.7 Å². The van der Waals surface area contributed by atoms with Crippen LogP contribution in [-0.4, -0.2) is 41.1 Å². The van der Waals surface area contributed by atoms with Gasteiger partial charge in [0, 0.05) is 11.0 Å². The number of nitrogens with two attached hydrogens (primary N) is 1. The van der Waals surface area contributed by atoms with Gasteiger partial charge in [-0.2, -0.15) is 0 Å². The van der Waals surface area contributed by atoms with E-state index in [0.717, 1.165) is 30.2 Å². The van der Waals surface area contributed by atoms with Crippen LogP contribution in [0.1, 0.15) is 36.8 Å². The third-order valence-corrected chi connectivity index (χ3v) is 6.35. The third kappa shape index (κ3) is 4.01. The fourth-order valence-electron chi connectivity index (χ4n) is 4.80. The van der Waals surface area contributed by atoms with Gasteiger partial charge in [0.2, 0.25) is 5.75 Å². The Morgan fingerprint density at radius 2 is 1.53 bits per heavy atom. The Morgan fingerprint density at radius 3 is 2.17 bits per heavy atom. The van der Waals surface area contributed by atoms with Crippen molar-refractivity contribution in [1.29, 1.82) is 0 Å². The fourth-order valence-corrected chi connectivity index (χ4v) is 4.80. The zero-order valence-electron chi connectivity index (χ0n) is 18.2. The van der Waals surface area contributed by atoms with E-state index in [0.29, 0.717) is 30.5 Å². The lowest BCUT2D eigenvalue weighted by Crippen LogP contribution is -2.86. The standard InChI is InChI=1S/C24H31NO5/c1-26-21-12-17(13-22(27-2)23(21)28-3)15-25-16-24(8-4-5-9-24)18-6-7-19-20(14-18)30-11-10-29-19/h6-7,12-14,25H,4-5,8-11,15-16H2,1-3H3/p+1. The number of quaternary nitrogens is 1. The number of hydrogen-bond donors (Lipinski definition) is 1. The molecule has 0 atom stereocenters. The van der Waals surface area contributed by atoms with Gasteiger partial charge >= 0.3 is 0 Å². The van der Waals surface area contributed by atoms with E-state index in [4.69, 9.17) is 23.7 Å². The lowest BCUT2D eigenvalue weighted by molar-refractivity contribution is -0.677. The fraction of sp³-hybridized carbons (Fsp3) is 0.500. The molecule has 0 spiro atoms. The molecule has 1 saturated carbocycles. The van der Waals surface area contributed by atoms with Crippen LogP contribution in [0.3, 0.4) is 0 Å². The highest BCUT2D eigenvalue weighted by atomic mass is 16.6. The molecular weight excluding hydrogens is 382 g/mol. The quantitative estimate of drug-likeness (QED) is 0.719. The highest BCUT2D eigenvalue weighted by Crippen LogP contribution is 2.43. The van der Waals surface area contributed by atoms with E-state index in [1.54, 1.807) is 21.3 Å². The number of fused-ring (bicyclic) bond motifs is 1. The van der Waals surface area contributed by atoms with Gasteiger partial charge in [-0.05, 0) is 42.7 Å². The first-order valence-corrected chi connectivity index (χ1v) is 10.7. The Hall–Kier alpha value is -2.60. The number of ether oxygens (including phenoxy) is 5. The molecule has 1 aliphatic heterocycles. The summed E-state index contributed by atoms with van der Waals surface area (Å²) in [7, 11) is 4.93. The molecule has 1 aliphatic carbocycles. The molecule has 1 fully saturated rings. The Kier molecular flexibility index (Phi) is 6.23. The summed E-state index contributed by atoms with van der Waals surface area (Å²) in [5, 5.41) is 2.39. The van der Waals surface area contributed by atoms with Crippen molar-refractivity contribution in [3.8, 4) is 28.7 Å². The van der Waals surface area contributed by atoms with Gasteiger partial charge in [-0.15, -0.1) is 0 Å². The molecule has 0 radical (unpaired) electrons. The first-order chi connectivity index (χ1) is 14.7. The largest absolute Gasteiger partial charge is 0.493 e. The predicted octanol–water partition coefficient (Wildman–Crippen LogP) is 3.06. The summed E-state index contributed by atoms with van der Waals surface area (Å²) in [6.45, 7) is 3.13. The second-order valence-corrected chi connectivity index (χ2v) is 8.08. The molecule has 2 aromatic carbocycles. The van der Waals surface area contributed by atoms with Crippen LogP contribution < -0.4 is 29.0 Å². The zero-order valence-corrected chi connectivity index (χ0v) is 18.2. The average Bonchev–Trinajstić information content (AvgIpc) is 3.28. The van der Waals surface area contributed by atoms with Crippen molar-refractivity contribution in [3.63, 3.8) is 0 Å². The summed E-state index contributed by atoms with van der Waals surface area (Å²) in [5.41, 5.74) is 2.70. The number of hydrogen-bond acceptors (Lipinski definition) is 5. The van der Waals surface area contributed by atoms with Crippen LogP contribution in [0.4, 0.5) is 0 Å². The number of rotatable bonds is 8. The summed E-state index contributed by atoms with van der Waals surface area (Å²) in [4.78, 5) is 0. The van der Waals surface area contributed by atoms with Crippen LogP contribution >= 0.6 is 0 Å². The summed E-state index contributed by atoms with van der Waals surface area (Å²) >= 11 is 0. The molecule has 0 saturated heterocycles. The van der Waals surface area contributed by atoms with Crippen LogP contribution in [0.15, 0.2) is 30.3 Å². The van der Waals surface area contributed by atoms with Gasteiger partial charge in [-0.3, -0.25) is 0 Å². The van der Waals surface area contributed by atoms with Crippen molar-refractivity contribution in [2.24, 2.45) is 0 Å². The third-order valence-electron chi connectivity index (χ3n) is 6.35. The molecule has 0 bridgehead atoms. The van der Waals surface area contributed by atoms with Crippen molar-refractivity contribution in [1.82, 2.24) is 0 Å². The first kappa shape index (κ1) is 20.7. The zero-order chi connectivity index (χ0) is 21.0. The van der Waals surface area contributed by atoms with Gasteiger partial charge in [0.05, 0.1) is 27.9 Å². The Bertz CT molecular complexity index is 851. The van der Waals surface area contributed by atoms with Crippen LogP contribution in [0.25, 0.3) is 0 Å².